The molecule has 1 aromatic heterocycles. The predicted molar refractivity (Wildman–Crippen MR) is 99.4 cm³/mol. The average Bonchev–Trinajstić information content (AvgIpc) is 2.62. The van der Waals surface area contributed by atoms with Crippen LogP contribution >= 0.6 is 0 Å². The molecule has 1 amide bonds. The second kappa shape index (κ2) is 6.32. The maximum Gasteiger partial charge on any atom is 0.265 e. The lowest BCUT2D eigenvalue weighted by Crippen LogP contribution is -2.32. The summed E-state index contributed by atoms with van der Waals surface area (Å²) >= 11 is 0. The van der Waals surface area contributed by atoms with Gasteiger partial charge in [-0.3, -0.25) is 9.59 Å². The van der Waals surface area contributed by atoms with E-state index in [1.807, 2.05) is 31.2 Å². The smallest absolute Gasteiger partial charge is 0.265 e. The largest absolute Gasteiger partial charge is 0.496 e. The Balaban J connectivity index is 2.23. The van der Waals surface area contributed by atoms with Crippen LogP contribution in [0, 0.1) is 6.92 Å². The van der Waals surface area contributed by atoms with Crippen LogP contribution in [0.15, 0.2) is 47.3 Å². The Morgan fingerprint density at radius 3 is 2.48 bits per heavy atom. The molecular weight excluding hydrogens is 318 g/mol. The highest BCUT2D eigenvalue weighted by Gasteiger charge is 2.23. The molecule has 0 atom stereocenters. The number of hydrogen-bond acceptors (Lipinski definition) is 4. The Labute approximate surface area is 144 Å². The van der Waals surface area contributed by atoms with Crippen molar-refractivity contribution >= 4 is 28.2 Å². The first-order valence-corrected chi connectivity index (χ1v) is 7.78. The Morgan fingerprint density at radius 2 is 1.84 bits per heavy atom. The van der Waals surface area contributed by atoms with Crippen molar-refractivity contribution in [3.63, 3.8) is 0 Å². The molecule has 25 heavy (non-hydrogen) atoms. The third kappa shape index (κ3) is 2.71. The fourth-order valence-corrected chi connectivity index (χ4v) is 2.90. The van der Waals surface area contributed by atoms with Crippen molar-refractivity contribution in [2.24, 2.45) is 0 Å². The first-order chi connectivity index (χ1) is 12.0. The summed E-state index contributed by atoms with van der Waals surface area (Å²) in [5.74, 6) is 0.0677. The Hall–Kier alpha value is -3.28. The van der Waals surface area contributed by atoms with Gasteiger partial charge in [0, 0.05) is 12.7 Å². The number of nitrogens with one attached hydrogen (secondary N) is 1. The maximum atomic E-state index is 12.9. The molecule has 128 valence electrons. The van der Waals surface area contributed by atoms with Crippen LogP contribution in [-0.4, -0.2) is 25.0 Å². The van der Waals surface area contributed by atoms with Gasteiger partial charge in [0.2, 0.25) is 0 Å². The van der Waals surface area contributed by atoms with Gasteiger partial charge in [0.25, 0.3) is 11.5 Å². The number of nitrogens with two attached hydrogens (primary N) is 1. The number of aryl methyl sites for hydroxylation is 1. The van der Waals surface area contributed by atoms with E-state index >= 15 is 0 Å². The maximum absolute atomic E-state index is 12.9. The monoisotopic (exact) mass is 337 g/mol. The zero-order valence-corrected chi connectivity index (χ0v) is 14.3. The van der Waals surface area contributed by atoms with Gasteiger partial charge in [0.1, 0.15) is 11.3 Å². The lowest BCUT2D eigenvalue weighted by Gasteiger charge is -2.19. The Bertz CT molecular complexity index is 1010. The number of para-hydroxylation sites is 1. The normalized spacial score (nSPS) is 10.7. The molecule has 0 aliphatic carbocycles. The number of hydrogen-bond donors (Lipinski definition) is 2. The van der Waals surface area contributed by atoms with Gasteiger partial charge in [0.15, 0.2) is 0 Å². The minimum atomic E-state index is -0.524. The number of fused-ring (bicyclic) bond motifs is 1. The second-order valence-electron chi connectivity index (χ2n) is 5.78. The number of methoxy groups -OCH3 is 1. The van der Waals surface area contributed by atoms with Crippen LogP contribution < -0.4 is 20.9 Å². The van der Waals surface area contributed by atoms with E-state index in [1.165, 1.54) is 12.0 Å². The molecule has 0 aliphatic heterocycles. The molecule has 0 fully saturated rings. The van der Waals surface area contributed by atoms with Gasteiger partial charge in [-0.05, 0) is 30.7 Å². The lowest BCUT2D eigenvalue weighted by molar-refractivity contribution is 0.0992. The zero-order chi connectivity index (χ0) is 18.1. The number of amides is 1. The van der Waals surface area contributed by atoms with Crippen LogP contribution in [0.2, 0.25) is 0 Å². The minimum absolute atomic E-state index is 0.0947. The molecule has 0 aliphatic rings. The number of H-pyrrole nitrogens is 1. The van der Waals surface area contributed by atoms with E-state index in [2.05, 4.69) is 4.98 Å². The molecule has 0 unspecified atom stereocenters. The third-order valence-corrected chi connectivity index (χ3v) is 4.23. The SMILES string of the molecule is COc1c(C)ccc2[nH]c(=O)c(C(=O)N(C)c3ccccc3)c(N)c12. The molecule has 0 radical (unpaired) electrons. The molecule has 6 heteroatoms. The Morgan fingerprint density at radius 1 is 1.16 bits per heavy atom. The molecular formula is C19H19N3O3. The van der Waals surface area contributed by atoms with Crippen LogP contribution in [-0.2, 0) is 0 Å². The molecule has 3 aromatic rings. The molecule has 0 spiro atoms. The summed E-state index contributed by atoms with van der Waals surface area (Å²) in [6, 6.07) is 12.6. The number of benzene rings is 2. The third-order valence-electron chi connectivity index (χ3n) is 4.23. The van der Waals surface area contributed by atoms with Crippen molar-refractivity contribution in [2.75, 3.05) is 24.8 Å². The minimum Gasteiger partial charge on any atom is -0.496 e. The van der Waals surface area contributed by atoms with Gasteiger partial charge in [-0.15, -0.1) is 0 Å². The van der Waals surface area contributed by atoms with Crippen LogP contribution in [0.1, 0.15) is 15.9 Å². The number of aromatic amines is 1. The molecule has 0 saturated carbocycles. The summed E-state index contributed by atoms with van der Waals surface area (Å²) < 4.78 is 5.43. The quantitative estimate of drug-likeness (QED) is 0.769. The topological polar surface area (TPSA) is 88.4 Å². The van der Waals surface area contributed by atoms with Crippen molar-refractivity contribution in [3.8, 4) is 5.75 Å². The number of nitrogens with zero attached hydrogens (tertiary/aromatic N) is 1. The van der Waals surface area contributed by atoms with Crippen molar-refractivity contribution in [1.29, 1.82) is 0 Å². The number of rotatable bonds is 3. The predicted octanol–water partition coefficient (Wildman–Crippen LogP) is 2.70. The van der Waals surface area contributed by atoms with Crippen LogP contribution in [0.4, 0.5) is 11.4 Å². The molecule has 0 bridgehead atoms. The van der Waals surface area contributed by atoms with E-state index in [0.717, 1.165) is 5.56 Å². The first-order valence-electron chi connectivity index (χ1n) is 7.78. The van der Waals surface area contributed by atoms with Crippen molar-refractivity contribution in [2.45, 2.75) is 6.92 Å². The summed E-state index contributed by atoms with van der Waals surface area (Å²) in [5.41, 5.74) is 7.80. The van der Waals surface area contributed by atoms with E-state index in [9.17, 15) is 9.59 Å². The highest BCUT2D eigenvalue weighted by atomic mass is 16.5. The van der Waals surface area contributed by atoms with Gasteiger partial charge in [-0.25, -0.2) is 0 Å². The molecule has 1 heterocycles. The fourth-order valence-electron chi connectivity index (χ4n) is 2.90. The second-order valence-corrected chi connectivity index (χ2v) is 5.78. The lowest BCUT2D eigenvalue weighted by atomic mass is 10.0. The number of nitrogen functional groups attached to an aromatic ring is 1. The molecule has 3 rings (SSSR count). The molecule has 6 nitrogen and oxygen atoms in total. The van der Waals surface area contributed by atoms with E-state index < -0.39 is 11.5 Å². The summed E-state index contributed by atoms with van der Waals surface area (Å²) in [6.45, 7) is 1.88. The van der Waals surface area contributed by atoms with E-state index in [0.29, 0.717) is 22.3 Å². The highest BCUT2D eigenvalue weighted by molar-refractivity contribution is 6.13. The summed E-state index contributed by atoms with van der Waals surface area (Å²) in [5, 5.41) is 0.534. The van der Waals surface area contributed by atoms with Crippen LogP contribution in [0.25, 0.3) is 10.9 Å². The van der Waals surface area contributed by atoms with Crippen LogP contribution in [0.3, 0.4) is 0 Å². The van der Waals surface area contributed by atoms with Crippen LogP contribution in [0.5, 0.6) is 5.75 Å². The summed E-state index contributed by atoms with van der Waals surface area (Å²) in [6.07, 6.45) is 0. The number of pyridine rings is 1. The van der Waals surface area contributed by atoms with Gasteiger partial charge >= 0.3 is 0 Å². The molecule has 2 aromatic carbocycles. The standard InChI is InChI=1S/C19H19N3O3/c1-11-9-10-13-14(17(11)25-3)16(20)15(18(23)21-13)19(24)22(2)12-7-5-4-6-8-12/h4-10H,1-3H3,(H3,20,21,23). The van der Waals surface area contributed by atoms with Gasteiger partial charge in [0.05, 0.1) is 23.7 Å². The van der Waals surface area contributed by atoms with Crippen molar-refractivity contribution in [3.05, 3.63) is 63.9 Å². The molecule has 3 N–H and O–H groups in total. The number of anilines is 2. The van der Waals surface area contributed by atoms with E-state index in [4.69, 9.17) is 10.5 Å². The van der Waals surface area contributed by atoms with E-state index in [1.54, 1.807) is 25.2 Å². The first kappa shape index (κ1) is 16.6. The highest BCUT2D eigenvalue weighted by Crippen LogP contribution is 2.33. The van der Waals surface area contributed by atoms with Gasteiger partial charge in [-0.2, -0.15) is 0 Å². The summed E-state index contributed by atoms with van der Waals surface area (Å²) in [4.78, 5) is 29.5. The summed E-state index contributed by atoms with van der Waals surface area (Å²) in [7, 11) is 3.14. The van der Waals surface area contributed by atoms with Crippen molar-refractivity contribution in [1.82, 2.24) is 4.98 Å². The molecule has 0 saturated heterocycles. The van der Waals surface area contributed by atoms with Crippen molar-refractivity contribution < 1.29 is 9.53 Å². The van der Waals surface area contributed by atoms with E-state index in [-0.39, 0.29) is 11.3 Å². The zero-order valence-electron chi connectivity index (χ0n) is 14.3. The Kier molecular flexibility index (Phi) is 4.19. The van der Waals surface area contributed by atoms with Gasteiger partial charge < -0.3 is 20.4 Å². The fraction of sp³-hybridized carbons (Fsp3) is 0.158. The number of ether oxygens (including phenoxy) is 1. The number of carbonyl (C=O) groups excluding carboxylic acids is 1. The number of aromatic nitrogens is 1. The van der Waals surface area contributed by atoms with Gasteiger partial charge in [-0.1, -0.05) is 24.3 Å². The average molecular weight is 337 g/mol. The number of carbonyl (C=O) groups is 1.